The van der Waals surface area contributed by atoms with Gasteiger partial charge in [0.15, 0.2) is 5.78 Å². The van der Waals surface area contributed by atoms with Crippen LogP contribution in [0, 0.1) is 5.92 Å². The van der Waals surface area contributed by atoms with Gasteiger partial charge >= 0.3 is 0 Å². The third kappa shape index (κ3) is 5.15. The van der Waals surface area contributed by atoms with E-state index in [0.717, 1.165) is 15.8 Å². The van der Waals surface area contributed by atoms with Gasteiger partial charge in [0.1, 0.15) is 5.75 Å². The molecule has 0 saturated heterocycles. The van der Waals surface area contributed by atoms with Crippen LogP contribution in [0.3, 0.4) is 0 Å². The molecule has 0 aliphatic carbocycles. The van der Waals surface area contributed by atoms with Gasteiger partial charge in [-0.25, -0.2) is 0 Å². The summed E-state index contributed by atoms with van der Waals surface area (Å²) in [5.41, 5.74) is 1.62. The minimum Gasteiger partial charge on any atom is -0.493 e. The third-order valence-electron chi connectivity index (χ3n) is 3.00. The smallest absolute Gasteiger partial charge is 0.185 e. The van der Waals surface area contributed by atoms with Gasteiger partial charge in [0.2, 0.25) is 0 Å². The van der Waals surface area contributed by atoms with Crippen LogP contribution in [0.25, 0.3) is 6.08 Å². The van der Waals surface area contributed by atoms with Gasteiger partial charge in [0.05, 0.1) is 6.61 Å². The Balaban J connectivity index is 2.04. The van der Waals surface area contributed by atoms with E-state index in [-0.39, 0.29) is 5.78 Å². The molecule has 2 nitrogen and oxygen atoms in total. The molecular formula is C19H19BrO2. The first kappa shape index (κ1) is 16.5. The Morgan fingerprint density at radius 2 is 1.91 bits per heavy atom. The van der Waals surface area contributed by atoms with Crippen molar-refractivity contribution in [1.29, 1.82) is 0 Å². The molecule has 0 heterocycles. The van der Waals surface area contributed by atoms with E-state index in [1.165, 1.54) is 0 Å². The molecule has 0 aromatic heterocycles. The summed E-state index contributed by atoms with van der Waals surface area (Å²) in [6, 6.07) is 15.1. The lowest BCUT2D eigenvalue weighted by Crippen LogP contribution is -2.04. The second-order valence-electron chi connectivity index (χ2n) is 5.48. The number of benzene rings is 2. The number of carbonyl (C=O) groups excluding carboxylic acids is 1. The number of carbonyl (C=O) groups is 1. The fourth-order valence-corrected chi connectivity index (χ4v) is 2.12. The molecule has 2 rings (SSSR count). The third-order valence-corrected chi connectivity index (χ3v) is 3.53. The largest absolute Gasteiger partial charge is 0.493 e. The second kappa shape index (κ2) is 7.95. The zero-order valence-corrected chi connectivity index (χ0v) is 14.3. The van der Waals surface area contributed by atoms with Gasteiger partial charge < -0.3 is 4.74 Å². The number of halogens is 1. The highest BCUT2D eigenvalue weighted by molar-refractivity contribution is 9.10. The quantitative estimate of drug-likeness (QED) is 0.511. The summed E-state index contributed by atoms with van der Waals surface area (Å²) < 4.78 is 6.65. The lowest BCUT2D eigenvalue weighted by Gasteiger charge is -2.08. The number of ketones is 1. The van der Waals surface area contributed by atoms with Crippen molar-refractivity contribution in [1.82, 2.24) is 0 Å². The monoisotopic (exact) mass is 358 g/mol. The number of allylic oxidation sites excluding steroid dienone is 1. The molecule has 0 N–H and O–H groups in total. The number of hydrogen-bond donors (Lipinski definition) is 0. The van der Waals surface area contributed by atoms with Gasteiger partial charge in [0, 0.05) is 10.0 Å². The van der Waals surface area contributed by atoms with Crippen molar-refractivity contribution in [3.05, 3.63) is 70.2 Å². The molecule has 0 aliphatic heterocycles. The zero-order valence-electron chi connectivity index (χ0n) is 12.8. The van der Waals surface area contributed by atoms with Crippen LogP contribution in [0.4, 0.5) is 0 Å². The number of rotatable bonds is 6. The maximum absolute atomic E-state index is 12.1. The first-order valence-electron chi connectivity index (χ1n) is 7.25. The molecule has 3 heteroatoms. The van der Waals surface area contributed by atoms with Crippen molar-refractivity contribution in [2.75, 3.05) is 6.61 Å². The van der Waals surface area contributed by atoms with Crippen molar-refractivity contribution in [2.24, 2.45) is 5.92 Å². The number of hydrogen-bond acceptors (Lipinski definition) is 2. The fraction of sp³-hybridized carbons (Fsp3) is 0.211. The van der Waals surface area contributed by atoms with Crippen LogP contribution in [0.15, 0.2) is 59.1 Å². The molecule has 0 fully saturated rings. The van der Waals surface area contributed by atoms with Crippen LogP contribution >= 0.6 is 15.9 Å². The zero-order chi connectivity index (χ0) is 15.9. The van der Waals surface area contributed by atoms with E-state index in [4.69, 9.17) is 4.74 Å². The van der Waals surface area contributed by atoms with E-state index >= 15 is 0 Å². The van der Waals surface area contributed by atoms with Gasteiger partial charge in [-0.3, -0.25) is 4.79 Å². The highest BCUT2D eigenvalue weighted by Crippen LogP contribution is 2.16. The molecule has 0 saturated carbocycles. The van der Waals surface area contributed by atoms with Crippen LogP contribution in [0.5, 0.6) is 5.75 Å². The Kier molecular flexibility index (Phi) is 5.96. The maximum Gasteiger partial charge on any atom is 0.185 e. The molecule has 114 valence electrons. The van der Waals surface area contributed by atoms with E-state index in [0.29, 0.717) is 18.1 Å². The summed E-state index contributed by atoms with van der Waals surface area (Å²) in [5, 5.41) is 0. The Morgan fingerprint density at radius 1 is 1.18 bits per heavy atom. The van der Waals surface area contributed by atoms with Crippen molar-refractivity contribution < 1.29 is 9.53 Å². The number of ether oxygens (including phenoxy) is 1. The molecule has 0 aliphatic rings. The van der Waals surface area contributed by atoms with Gasteiger partial charge in [-0.2, -0.15) is 0 Å². The molecule has 2 aromatic carbocycles. The molecule has 2 aromatic rings. The first-order chi connectivity index (χ1) is 10.5. The lowest BCUT2D eigenvalue weighted by atomic mass is 10.1. The molecule has 0 amide bonds. The van der Waals surface area contributed by atoms with Crippen molar-refractivity contribution in [2.45, 2.75) is 13.8 Å². The van der Waals surface area contributed by atoms with Crippen LogP contribution in [-0.4, -0.2) is 12.4 Å². The standard InChI is InChI=1S/C19H19BrO2/c1-14(2)13-22-18-5-3-4-15(12-18)6-11-19(21)16-7-9-17(20)10-8-16/h3-12,14H,13H2,1-2H3/b11-6+. The molecule has 0 unspecified atom stereocenters. The van der Waals surface area contributed by atoms with E-state index in [1.54, 1.807) is 18.2 Å². The lowest BCUT2D eigenvalue weighted by molar-refractivity contribution is 0.104. The van der Waals surface area contributed by atoms with Crippen LogP contribution in [-0.2, 0) is 0 Å². The van der Waals surface area contributed by atoms with Crippen molar-refractivity contribution >= 4 is 27.8 Å². The van der Waals surface area contributed by atoms with Gasteiger partial charge in [-0.05, 0) is 54.0 Å². The Hall–Kier alpha value is -1.87. The Labute approximate surface area is 139 Å². The maximum atomic E-state index is 12.1. The predicted molar refractivity (Wildman–Crippen MR) is 94.3 cm³/mol. The van der Waals surface area contributed by atoms with Crippen molar-refractivity contribution in [3.63, 3.8) is 0 Å². The SMILES string of the molecule is CC(C)COc1cccc(/C=C/C(=O)c2ccc(Br)cc2)c1. The van der Waals surface area contributed by atoms with Gasteiger partial charge in [-0.1, -0.05) is 48.0 Å². The topological polar surface area (TPSA) is 26.3 Å². The summed E-state index contributed by atoms with van der Waals surface area (Å²) in [4.78, 5) is 12.1. The summed E-state index contributed by atoms with van der Waals surface area (Å²) in [6.07, 6.45) is 3.40. The van der Waals surface area contributed by atoms with E-state index in [9.17, 15) is 4.79 Å². The average molecular weight is 359 g/mol. The van der Waals surface area contributed by atoms with Gasteiger partial charge in [0.25, 0.3) is 0 Å². The highest BCUT2D eigenvalue weighted by Gasteiger charge is 2.02. The summed E-state index contributed by atoms with van der Waals surface area (Å²) in [6.45, 7) is 4.91. The van der Waals surface area contributed by atoms with Crippen LogP contribution in [0.1, 0.15) is 29.8 Å². The van der Waals surface area contributed by atoms with E-state index < -0.39 is 0 Å². The summed E-state index contributed by atoms with van der Waals surface area (Å²) >= 11 is 3.36. The van der Waals surface area contributed by atoms with E-state index in [2.05, 4.69) is 29.8 Å². The highest BCUT2D eigenvalue weighted by atomic mass is 79.9. The molecular weight excluding hydrogens is 340 g/mol. The van der Waals surface area contributed by atoms with Crippen LogP contribution in [0.2, 0.25) is 0 Å². The predicted octanol–water partition coefficient (Wildman–Crippen LogP) is 5.38. The molecule has 0 spiro atoms. The summed E-state index contributed by atoms with van der Waals surface area (Å²) in [7, 11) is 0. The fourth-order valence-electron chi connectivity index (χ4n) is 1.85. The Bertz CT molecular complexity index is 657. The molecule has 0 radical (unpaired) electrons. The van der Waals surface area contributed by atoms with Crippen LogP contribution < -0.4 is 4.74 Å². The first-order valence-corrected chi connectivity index (χ1v) is 8.05. The molecule has 0 bridgehead atoms. The minimum absolute atomic E-state index is 0.0130. The average Bonchev–Trinajstić information content (AvgIpc) is 2.52. The van der Waals surface area contributed by atoms with Crippen molar-refractivity contribution in [3.8, 4) is 5.75 Å². The minimum atomic E-state index is -0.0130. The Morgan fingerprint density at radius 3 is 2.59 bits per heavy atom. The molecule has 0 atom stereocenters. The second-order valence-corrected chi connectivity index (χ2v) is 6.40. The molecule has 22 heavy (non-hydrogen) atoms. The normalized spacial score (nSPS) is 11.1. The van der Waals surface area contributed by atoms with Gasteiger partial charge in [-0.15, -0.1) is 0 Å². The summed E-state index contributed by atoms with van der Waals surface area (Å²) in [5.74, 6) is 1.30. The van der Waals surface area contributed by atoms with E-state index in [1.807, 2.05) is 42.5 Å².